The lowest BCUT2D eigenvalue weighted by molar-refractivity contribution is -0.441. The maximum atomic E-state index is 13.9. The zero-order valence-corrected chi connectivity index (χ0v) is 11.1. The van der Waals surface area contributed by atoms with Crippen molar-refractivity contribution in [2.75, 3.05) is 13.7 Å². The lowest BCUT2D eigenvalue weighted by Crippen LogP contribution is -2.21. The molecule has 0 radical (unpaired) electrons. The van der Waals surface area contributed by atoms with Crippen LogP contribution in [0.3, 0.4) is 0 Å². The van der Waals surface area contributed by atoms with Crippen molar-refractivity contribution in [2.24, 2.45) is 0 Å². The molecule has 2 nitrogen and oxygen atoms in total. The Hall–Kier alpha value is -2.23. The molecular weight excluding hydrogens is 260 g/mol. The molecule has 2 aromatic rings. The van der Waals surface area contributed by atoms with Gasteiger partial charge in [0, 0.05) is 6.42 Å². The fourth-order valence-corrected chi connectivity index (χ4v) is 2.53. The van der Waals surface area contributed by atoms with Crippen LogP contribution < -0.4 is 4.74 Å². The third kappa shape index (κ3) is 2.07. The zero-order valence-electron chi connectivity index (χ0n) is 11.1. The van der Waals surface area contributed by atoms with Crippen molar-refractivity contribution < 1.29 is 18.1 Å². The molecule has 3 rings (SSSR count). The van der Waals surface area contributed by atoms with Crippen molar-refractivity contribution in [2.45, 2.75) is 6.42 Å². The molecule has 0 aliphatic carbocycles. The fourth-order valence-electron chi connectivity index (χ4n) is 2.53. The van der Waals surface area contributed by atoms with Gasteiger partial charge in [-0.3, -0.25) is 0 Å². The Morgan fingerprint density at radius 3 is 2.45 bits per heavy atom. The van der Waals surface area contributed by atoms with Gasteiger partial charge in [0.2, 0.25) is 0 Å². The summed E-state index contributed by atoms with van der Waals surface area (Å²) in [6.45, 7) is 0.540. The third-order valence-corrected chi connectivity index (χ3v) is 3.51. The SMILES string of the molecule is COc1cccc2c1C=[N+](c1c(F)cccc1F)CC2. The molecule has 2 aromatic carbocycles. The van der Waals surface area contributed by atoms with E-state index in [2.05, 4.69) is 0 Å². The smallest absolute Gasteiger partial charge is 0.277 e. The molecule has 1 aliphatic rings. The van der Waals surface area contributed by atoms with E-state index in [1.165, 1.54) is 18.2 Å². The van der Waals surface area contributed by atoms with E-state index in [0.29, 0.717) is 12.3 Å². The van der Waals surface area contributed by atoms with Crippen molar-refractivity contribution in [3.05, 3.63) is 59.2 Å². The highest BCUT2D eigenvalue weighted by Crippen LogP contribution is 2.28. The minimum Gasteiger partial charge on any atom is -0.496 e. The molecule has 1 heterocycles. The van der Waals surface area contributed by atoms with Crippen LogP contribution in [0.1, 0.15) is 11.1 Å². The molecule has 0 saturated carbocycles. The number of fused-ring (bicyclic) bond motifs is 1. The first-order valence-electron chi connectivity index (χ1n) is 6.42. The lowest BCUT2D eigenvalue weighted by atomic mass is 10.0. The number of benzene rings is 2. The number of rotatable bonds is 2. The molecule has 0 unspecified atom stereocenters. The molecule has 0 spiro atoms. The molecule has 0 amide bonds. The van der Waals surface area contributed by atoms with Gasteiger partial charge in [-0.15, -0.1) is 0 Å². The quantitative estimate of drug-likeness (QED) is 0.765. The highest BCUT2D eigenvalue weighted by molar-refractivity contribution is 5.83. The Morgan fingerprint density at radius 2 is 1.75 bits per heavy atom. The Labute approximate surface area is 115 Å². The molecule has 102 valence electrons. The van der Waals surface area contributed by atoms with Gasteiger partial charge in [-0.2, -0.15) is 13.4 Å². The van der Waals surface area contributed by atoms with Gasteiger partial charge >= 0.3 is 0 Å². The van der Waals surface area contributed by atoms with Gasteiger partial charge in [-0.25, -0.2) is 0 Å². The second kappa shape index (κ2) is 5.04. The van der Waals surface area contributed by atoms with Gasteiger partial charge in [-0.05, 0) is 23.8 Å². The van der Waals surface area contributed by atoms with Crippen LogP contribution in [-0.4, -0.2) is 24.4 Å². The van der Waals surface area contributed by atoms with E-state index >= 15 is 0 Å². The largest absolute Gasteiger partial charge is 0.496 e. The Morgan fingerprint density at radius 1 is 1.05 bits per heavy atom. The van der Waals surface area contributed by atoms with E-state index in [9.17, 15) is 8.78 Å². The molecule has 0 saturated heterocycles. The van der Waals surface area contributed by atoms with Gasteiger partial charge in [0.1, 0.15) is 5.75 Å². The first kappa shape index (κ1) is 12.8. The van der Waals surface area contributed by atoms with E-state index in [4.69, 9.17) is 4.74 Å². The van der Waals surface area contributed by atoms with E-state index in [0.717, 1.165) is 17.5 Å². The summed E-state index contributed by atoms with van der Waals surface area (Å²) in [4.78, 5) is 0. The summed E-state index contributed by atoms with van der Waals surface area (Å²) in [6.07, 6.45) is 2.47. The minimum absolute atomic E-state index is 0.0101. The average molecular weight is 274 g/mol. The van der Waals surface area contributed by atoms with Crippen LogP contribution >= 0.6 is 0 Å². The summed E-state index contributed by atoms with van der Waals surface area (Å²) in [6, 6.07) is 9.67. The molecular formula is C16H14F2NO+. The second-order valence-electron chi connectivity index (χ2n) is 4.68. The summed E-state index contributed by atoms with van der Waals surface area (Å²) in [5.74, 6) is -0.400. The summed E-state index contributed by atoms with van der Waals surface area (Å²) < 4.78 is 34.6. The molecule has 4 heteroatoms. The third-order valence-electron chi connectivity index (χ3n) is 3.51. The maximum absolute atomic E-state index is 13.9. The number of ether oxygens (including phenoxy) is 1. The summed E-state index contributed by atoms with van der Waals surface area (Å²) in [5, 5.41) is 0. The summed E-state index contributed by atoms with van der Waals surface area (Å²) >= 11 is 0. The van der Waals surface area contributed by atoms with E-state index in [1.807, 2.05) is 18.2 Å². The van der Waals surface area contributed by atoms with Crippen LogP contribution in [0.2, 0.25) is 0 Å². The fraction of sp³-hybridized carbons (Fsp3) is 0.188. The van der Waals surface area contributed by atoms with Crippen LogP contribution in [0.25, 0.3) is 0 Å². The summed E-state index contributed by atoms with van der Waals surface area (Å²) in [7, 11) is 1.59. The predicted molar refractivity (Wildman–Crippen MR) is 73.0 cm³/mol. The molecule has 1 aliphatic heterocycles. The predicted octanol–water partition coefficient (Wildman–Crippen LogP) is 3.29. The molecule has 0 atom stereocenters. The first-order valence-corrected chi connectivity index (χ1v) is 6.42. The Kier molecular flexibility index (Phi) is 3.22. The molecule has 20 heavy (non-hydrogen) atoms. The molecule has 0 fully saturated rings. The molecule has 0 N–H and O–H groups in total. The van der Waals surface area contributed by atoms with Crippen molar-refractivity contribution in [3.8, 4) is 5.75 Å². The van der Waals surface area contributed by atoms with Crippen molar-refractivity contribution in [1.29, 1.82) is 0 Å². The lowest BCUT2D eigenvalue weighted by Gasteiger charge is -2.15. The highest BCUT2D eigenvalue weighted by Gasteiger charge is 2.26. The number of nitrogens with zero attached hydrogens (tertiary/aromatic N) is 1. The van der Waals surface area contributed by atoms with Crippen LogP contribution in [-0.2, 0) is 6.42 Å². The second-order valence-corrected chi connectivity index (χ2v) is 4.68. The first-order chi connectivity index (χ1) is 9.70. The standard InChI is InChI=1S/C16H14F2NO/c1-20-15-7-2-4-11-8-9-19(10-12(11)15)16-13(17)5-3-6-14(16)18/h2-7,10H,8-9H2,1H3/q+1. The van der Waals surface area contributed by atoms with Gasteiger partial charge in [0.05, 0.1) is 12.7 Å². The number of hydrogen-bond donors (Lipinski definition) is 0. The van der Waals surface area contributed by atoms with Crippen LogP contribution in [0, 0.1) is 11.6 Å². The molecule has 0 bridgehead atoms. The van der Waals surface area contributed by atoms with E-state index < -0.39 is 11.6 Å². The van der Waals surface area contributed by atoms with Gasteiger partial charge in [0.15, 0.2) is 24.4 Å². The maximum Gasteiger partial charge on any atom is 0.277 e. The van der Waals surface area contributed by atoms with Crippen molar-refractivity contribution in [3.63, 3.8) is 0 Å². The van der Waals surface area contributed by atoms with Gasteiger partial charge < -0.3 is 4.74 Å². The number of halogens is 2. The zero-order chi connectivity index (χ0) is 14.1. The normalized spacial score (nSPS) is 13.7. The number of methoxy groups -OCH3 is 1. The molecule has 0 aromatic heterocycles. The van der Waals surface area contributed by atoms with Crippen LogP contribution in [0.5, 0.6) is 5.75 Å². The minimum atomic E-state index is -0.556. The van der Waals surface area contributed by atoms with E-state index in [-0.39, 0.29) is 5.69 Å². The topological polar surface area (TPSA) is 12.2 Å². The Balaban J connectivity index is 2.15. The summed E-state index contributed by atoms with van der Waals surface area (Å²) in [5.41, 5.74) is 1.99. The van der Waals surface area contributed by atoms with E-state index in [1.54, 1.807) is 17.9 Å². The van der Waals surface area contributed by atoms with Gasteiger partial charge in [-0.1, -0.05) is 18.2 Å². The van der Waals surface area contributed by atoms with Crippen LogP contribution in [0.4, 0.5) is 14.5 Å². The van der Waals surface area contributed by atoms with Crippen molar-refractivity contribution in [1.82, 2.24) is 0 Å². The number of para-hydroxylation sites is 1. The monoisotopic (exact) mass is 274 g/mol. The highest BCUT2D eigenvalue weighted by atomic mass is 19.1. The van der Waals surface area contributed by atoms with Crippen LogP contribution in [0.15, 0.2) is 36.4 Å². The van der Waals surface area contributed by atoms with Crippen molar-refractivity contribution >= 4 is 11.9 Å². The Bertz CT molecular complexity index is 675. The van der Waals surface area contributed by atoms with Gasteiger partial charge in [0.25, 0.3) is 5.69 Å². The average Bonchev–Trinajstić information content (AvgIpc) is 2.46. The number of hydrogen-bond acceptors (Lipinski definition) is 1.